The van der Waals surface area contributed by atoms with Gasteiger partial charge in [-0.15, -0.1) is 0 Å². The number of hydrogen-bond acceptors (Lipinski definition) is 1. The maximum atomic E-state index is 2.39. The topological polar surface area (TPSA) is 3.24 Å². The van der Waals surface area contributed by atoms with Crippen molar-refractivity contribution in [2.75, 3.05) is 4.90 Å². The minimum atomic E-state index is 1.11. The van der Waals surface area contributed by atoms with Crippen LogP contribution in [0.4, 0.5) is 17.1 Å². The van der Waals surface area contributed by atoms with Gasteiger partial charge in [-0.25, -0.2) is 0 Å². The third-order valence-corrected chi connectivity index (χ3v) is 8.65. The van der Waals surface area contributed by atoms with Crippen LogP contribution < -0.4 is 4.90 Å². The molecule has 8 aromatic rings. The summed E-state index contributed by atoms with van der Waals surface area (Å²) in [6.07, 6.45) is 0. The summed E-state index contributed by atoms with van der Waals surface area (Å²) in [5, 5.41) is 5.00. The highest BCUT2D eigenvalue weighted by atomic mass is 15.1. The Labute approximate surface area is 264 Å². The predicted molar refractivity (Wildman–Crippen MR) is 192 cm³/mol. The molecule has 45 heavy (non-hydrogen) atoms. The van der Waals surface area contributed by atoms with Gasteiger partial charge in [0.2, 0.25) is 0 Å². The Morgan fingerprint density at radius 2 is 0.733 bits per heavy atom. The summed E-state index contributed by atoms with van der Waals surface area (Å²) in [4.78, 5) is 2.39. The quantitative estimate of drug-likeness (QED) is 0.179. The fourth-order valence-electron chi connectivity index (χ4n) is 6.41. The molecule has 1 nitrogen and oxygen atoms in total. The second kappa shape index (κ2) is 11.6. The van der Waals surface area contributed by atoms with Crippen LogP contribution in [0.3, 0.4) is 0 Å². The lowest BCUT2D eigenvalue weighted by molar-refractivity contribution is 1.29. The van der Waals surface area contributed by atoms with E-state index in [1.165, 1.54) is 54.9 Å². The maximum Gasteiger partial charge on any atom is 0.0468 e. The third-order valence-electron chi connectivity index (χ3n) is 8.65. The highest BCUT2D eigenvalue weighted by Gasteiger charge is 2.17. The molecule has 0 aliphatic heterocycles. The van der Waals surface area contributed by atoms with Gasteiger partial charge in [0.25, 0.3) is 0 Å². The van der Waals surface area contributed by atoms with E-state index >= 15 is 0 Å². The van der Waals surface area contributed by atoms with Crippen molar-refractivity contribution < 1.29 is 0 Å². The van der Waals surface area contributed by atoms with Crippen LogP contribution in [0.15, 0.2) is 188 Å². The third kappa shape index (κ3) is 5.15. The molecule has 8 rings (SSSR count). The molecule has 0 unspecified atom stereocenters. The van der Waals surface area contributed by atoms with Crippen molar-refractivity contribution in [1.29, 1.82) is 0 Å². The van der Waals surface area contributed by atoms with Gasteiger partial charge in [0.1, 0.15) is 0 Å². The summed E-state index contributed by atoms with van der Waals surface area (Å²) in [5.74, 6) is 0. The van der Waals surface area contributed by atoms with Crippen molar-refractivity contribution in [3.63, 3.8) is 0 Å². The minimum absolute atomic E-state index is 1.11. The summed E-state index contributed by atoms with van der Waals surface area (Å²) in [6.45, 7) is 0. The van der Waals surface area contributed by atoms with Gasteiger partial charge in [-0.05, 0) is 91.3 Å². The number of hydrogen-bond donors (Lipinski definition) is 0. The Bertz CT molecular complexity index is 2240. The van der Waals surface area contributed by atoms with E-state index in [-0.39, 0.29) is 0 Å². The van der Waals surface area contributed by atoms with Gasteiger partial charge in [0, 0.05) is 17.1 Å². The van der Waals surface area contributed by atoms with Gasteiger partial charge < -0.3 is 4.90 Å². The second-order valence-corrected chi connectivity index (χ2v) is 11.4. The summed E-state index contributed by atoms with van der Waals surface area (Å²) in [5.41, 5.74) is 10.6. The summed E-state index contributed by atoms with van der Waals surface area (Å²) >= 11 is 0. The van der Waals surface area contributed by atoms with Gasteiger partial charge in [-0.3, -0.25) is 0 Å². The van der Waals surface area contributed by atoms with E-state index in [0.29, 0.717) is 0 Å². The highest BCUT2D eigenvalue weighted by molar-refractivity contribution is 6.09. The largest absolute Gasteiger partial charge is 0.310 e. The maximum absolute atomic E-state index is 2.39. The van der Waals surface area contributed by atoms with E-state index in [4.69, 9.17) is 0 Å². The van der Waals surface area contributed by atoms with Crippen molar-refractivity contribution in [2.45, 2.75) is 0 Å². The molecule has 0 spiro atoms. The number of anilines is 3. The van der Waals surface area contributed by atoms with Gasteiger partial charge in [0.05, 0.1) is 0 Å². The standard InChI is InChI=1S/C44H31N/c1-4-12-32(13-5-1)33-22-25-38(26-23-33)45(39-27-24-37-21-20-36-18-10-11-19-41(36)44(37)30-39)40-28-29-42(34-14-6-2-7-15-34)43(31-40)35-16-8-3-9-17-35/h1-31H. The summed E-state index contributed by atoms with van der Waals surface area (Å²) in [7, 11) is 0. The smallest absolute Gasteiger partial charge is 0.0468 e. The number of benzene rings is 8. The minimum Gasteiger partial charge on any atom is -0.310 e. The Morgan fingerprint density at radius 1 is 0.267 bits per heavy atom. The SMILES string of the molecule is c1ccc(-c2ccc(N(c3ccc(-c4ccccc4)c(-c4ccccc4)c3)c3ccc4ccc5ccccc5c4c3)cc2)cc1. The second-order valence-electron chi connectivity index (χ2n) is 11.4. The zero-order valence-corrected chi connectivity index (χ0v) is 24.8. The molecular weight excluding hydrogens is 542 g/mol. The molecule has 0 N–H and O–H groups in total. The van der Waals surface area contributed by atoms with E-state index in [2.05, 4.69) is 193 Å². The monoisotopic (exact) mass is 573 g/mol. The van der Waals surface area contributed by atoms with E-state index in [0.717, 1.165) is 17.1 Å². The molecule has 0 saturated heterocycles. The number of rotatable bonds is 6. The fraction of sp³-hybridized carbons (Fsp3) is 0. The average molecular weight is 574 g/mol. The normalized spacial score (nSPS) is 11.1. The molecule has 8 aromatic carbocycles. The molecule has 0 saturated carbocycles. The summed E-state index contributed by atoms with van der Waals surface area (Å²) < 4.78 is 0. The van der Waals surface area contributed by atoms with E-state index in [1.54, 1.807) is 0 Å². The Morgan fingerprint density at radius 3 is 1.42 bits per heavy atom. The van der Waals surface area contributed by atoms with Crippen molar-refractivity contribution in [3.8, 4) is 33.4 Å². The molecule has 212 valence electrons. The lowest BCUT2D eigenvalue weighted by Gasteiger charge is -2.27. The first-order valence-electron chi connectivity index (χ1n) is 15.4. The van der Waals surface area contributed by atoms with E-state index in [1.807, 2.05) is 0 Å². The zero-order chi connectivity index (χ0) is 30.0. The van der Waals surface area contributed by atoms with Crippen LogP contribution in [0, 0.1) is 0 Å². The van der Waals surface area contributed by atoms with Crippen LogP contribution in [-0.2, 0) is 0 Å². The van der Waals surface area contributed by atoms with Gasteiger partial charge in [-0.2, -0.15) is 0 Å². The lowest BCUT2D eigenvalue weighted by Crippen LogP contribution is -2.10. The van der Waals surface area contributed by atoms with Crippen molar-refractivity contribution in [1.82, 2.24) is 0 Å². The fourth-order valence-corrected chi connectivity index (χ4v) is 6.41. The van der Waals surface area contributed by atoms with Crippen LogP contribution in [0.5, 0.6) is 0 Å². The van der Waals surface area contributed by atoms with E-state index < -0.39 is 0 Å². The zero-order valence-electron chi connectivity index (χ0n) is 24.8. The predicted octanol–water partition coefficient (Wildman–Crippen LogP) is 12.5. The van der Waals surface area contributed by atoms with Gasteiger partial charge in [0.15, 0.2) is 0 Å². The first-order valence-corrected chi connectivity index (χ1v) is 15.4. The molecular formula is C44H31N. The van der Waals surface area contributed by atoms with Crippen LogP contribution in [-0.4, -0.2) is 0 Å². The Kier molecular flexibility index (Phi) is 6.90. The first-order chi connectivity index (χ1) is 22.3. The molecule has 0 aliphatic carbocycles. The molecule has 0 aromatic heterocycles. The van der Waals surface area contributed by atoms with Crippen molar-refractivity contribution in [2.24, 2.45) is 0 Å². The van der Waals surface area contributed by atoms with Crippen molar-refractivity contribution >= 4 is 38.6 Å². The van der Waals surface area contributed by atoms with Crippen LogP contribution in [0.25, 0.3) is 54.9 Å². The van der Waals surface area contributed by atoms with Crippen LogP contribution in [0.2, 0.25) is 0 Å². The molecule has 0 aliphatic rings. The molecule has 0 radical (unpaired) electrons. The molecule has 0 atom stereocenters. The van der Waals surface area contributed by atoms with E-state index in [9.17, 15) is 0 Å². The molecule has 0 bridgehead atoms. The lowest BCUT2D eigenvalue weighted by atomic mass is 9.93. The Balaban J connectivity index is 1.34. The number of nitrogens with zero attached hydrogens (tertiary/aromatic N) is 1. The average Bonchev–Trinajstić information content (AvgIpc) is 3.13. The van der Waals surface area contributed by atoms with Gasteiger partial charge in [-0.1, -0.05) is 152 Å². The van der Waals surface area contributed by atoms with Gasteiger partial charge >= 0.3 is 0 Å². The van der Waals surface area contributed by atoms with Crippen LogP contribution >= 0.6 is 0 Å². The summed E-state index contributed by atoms with van der Waals surface area (Å²) in [6, 6.07) is 67.7. The first kappa shape index (κ1) is 26.7. The van der Waals surface area contributed by atoms with Crippen LogP contribution in [0.1, 0.15) is 0 Å². The highest BCUT2D eigenvalue weighted by Crippen LogP contribution is 2.42. The molecule has 0 heterocycles. The number of fused-ring (bicyclic) bond motifs is 3. The molecule has 0 amide bonds. The Hall–Kier alpha value is -5.92. The molecule has 1 heteroatoms. The molecule has 0 fully saturated rings. The van der Waals surface area contributed by atoms with Crippen molar-refractivity contribution in [3.05, 3.63) is 188 Å².